The Labute approximate surface area is 112 Å². The van der Waals surface area contributed by atoms with Crippen molar-refractivity contribution in [1.29, 1.82) is 5.26 Å². The zero-order chi connectivity index (χ0) is 13.8. The Morgan fingerprint density at radius 2 is 2.11 bits per heavy atom. The van der Waals surface area contributed by atoms with Crippen LogP contribution >= 0.6 is 0 Å². The predicted octanol–water partition coefficient (Wildman–Crippen LogP) is 2.54. The van der Waals surface area contributed by atoms with Gasteiger partial charge in [0.25, 0.3) is 0 Å². The summed E-state index contributed by atoms with van der Waals surface area (Å²) in [5.41, 5.74) is 2.17. The van der Waals surface area contributed by atoms with E-state index in [1.165, 1.54) is 0 Å². The van der Waals surface area contributed by atoms with E-state index >= 15 is 0 Å². The second-order valence-electron chi connectivity index (χ2n) is 4.77. The van der Waals surface area contributed by atoms with Crippen molar-refractivity contribution in [2.75, 3.05) is 11.9 Å². The van der Waals surface area contributed by atoms with Crippen molar-refractivity contribution in [2.45, 2.75) is 19.9 Å². The van der Waals surface area contributed by atoms with Crippen LogP contribution in [0.15, 0.2) is 30.5 Å². The number of hydrogen-bond donors (Lipinski definition) is 2. The average molecular weight is 255 g/mol. The third-order valence-electron chi connectivity index (χ3n) is 3.41. The lowest BCUT2D eigenvalue weighted by Crippen LogP contribution is -2.26. The summed E-state index contributed by atoms with van der Waals surface area (Å²) < 4.78 is 0. The topological polar surface area (TPSA) is 68.9 Å². The largest absolute Gasteiger partial charge is 0.396 e. The Kier molecular flexibility index (Phi) is 3.98. The molecule has 0 bridgehead atoms. The van der Waals surface area contributed by atoms with E-state index in [2.05, 4.69) is 16.4 Å². The van der Waals surface area contributed by atoms with Gasteiger partial charge in [-0.05, 0) is 18.9 Å². The van der Waals surface area contributed by atoms with Gasteiger partial charge < -0.3 is 10.4 Å². The number of aromatic nitrogens is 1. The molecular formula is C15H17N3O. The van der Waals surface area contributed by atoms with Crippen molar-refractivity contribution in [3.8, 4) is 6.07 Å². The fourth-order valence-corrected chi connectivity index (χ4v) is 1.91. The van der Waals surface area contributed by atoms with Crippen LogP contribution in [0.3, 0.4) is 0 Å². The van der Waals surface area contributed by atoms with E-state index < -0.39 is 0 Å². The van der Waals surface area contributed by atoms with Crippen LogP contribution in [-0.2, 0) is 0 Å². The smallest absolute Gasteiger partial charge is 0.103 e. The van der Waals surface area contributed by atoms with E-state index in [1.54, 1.807) is 6.20 Å². The van der Waals surface area contributed by atoms with Gasteiger partial charge in [0.1, 0.15) is 6.07 Å². The lowest BCUT2D eigenvalue weighted by molar-refractivity contribution is 0.226. The van der Waals surface area contributed by atoms with Gasteiger partial charge in [-0.3, -0.25) is 4.98 Å². The number of fused-ring (bicyclic) bond motifs is 1. The summed E-state index contributed by atoms with van der Waals surface area (Å²) in [4.78, 5) is 4.27. The molecule has 0 saturated heterocycles. The number of nitrogens with one attached hydrogen (secondary N) is 1. The van der Waals surface area contributed by atoms with Gasteiger partial charge >= 0.3 is 0 Å². The molecule has 0 radical (unpaired) electrons. The lowest BCUT2D eigenvalue weighted by atomic mass is 10.0. The van der Waals surface area contributed by atoms with Crippen LogP contribution in [0.5, 0.6) is 0 Å². The van der Waals surface area contributed by atoms with Crippen molar-refractivity contribution in [1.82, 2.24) is 4.98 Å². The Morgan fingerprint density at radius 1 is 1.37 bits per heavy atom. The summed E-state index contributed by atoms with van der Waals surface area (Å²) in [5.74, 6) is 0.110. The first-order chi connectivity index (χ1) is 9.17. The molecule has 0 saturated carbocycles. The zero-order valence-electron chi connectivity index (χ0n) is 11.1. The molecule has 4 nitrogen and oxygen atoms in total. The second kappa shape index (κ2) is 5.68. The minimum absolute atomic E-state index is 0.0721. The molecule has 2 N–H and O–H groups in total. The number of aliphatic hydroxyl groups excluding tert-OH is 1. The van der Waals surface area contributed by atoms with E-state index in [9.17, 15) is 10.4 Å². The third-order valence-corrected chi connectivity index (χ3v) is 3.41. The molecule has 1 heterocycles. The molecule has 4 heteroatoms. The van der Waals surface area contributed by atoms with Gasteiger partial charge in [-0.25, -0.2) is 0 Å². The van der Waals surface area contributed by atoms with Gasteiger partial charge in [0.05, 0.1) is 16.8 Å². The van der Waals surface area contributed by atoms with Gasteiger partial charge in [-0.1, -0.05) is 25.1 Å². The number of aliphatic hydroxyl groups is 1. The van der Waals surface area contributed by atoms with Crippen LogP contribution < -0.4 is 5.32 Å². The summed E-state index contributed by atoms with van der Waals surface area (Å²) in [6.07, 6.45) is 1.58. The summed E-state index contributed by atoms with van der Waals surface area (Å²) in [6.45, 7) is 4.07. The maximum absolute atomic E-state index is 9.21. The molecule has 0 amide bonds. The maximum atomic E-state index is 9.21. The highest BCUT2D eigenvalue weighted by Gasteiger charge is 2.15. The van der Waals surface area contributed by atoms with Crippen LogP contribution in [0.25, 0.3) is 10.9 Å². The number of pyridine rings is 1. The van der Waals surface area contributed by atoms with Crippen LogP contribution in [0, 0.1) is 17.2 Å². The fraction of sp³-hybridized carbons (Fsp3) is 0.333. The molecule has 2 atom stereocenters. The maximum Gasteiger partial charge on any atom is 0.103 e. The van der Waals surface area contributed by atoms with E-state index in [0.717, 1.165) is 16.6 Å². The summed E-state index contributed by atoms with van der Waals surface area (Å²) in [5, 5.41) is 22.7. The highest BCUT2D eigenvalue weighted by Crippen LogP contribution is 2.26. The summed E-state index contributed by atoms with van der Waals surface area (Å²) >= 11 is 0. The molecule has 0 spiro atoms. The van der Waals surface area contributed by atoms with Crippen LogP contribution in [0.4, 0.5) is 5.69 Å². The third kappa shape index (κ3) is 2.67. The molecule has 0 aliphatic rings. The average Bonchev–Trinajstić information content (AvgIpc) is 2.46. The van der Waals surface area contributed by atoms with Crippen LogP contribution in [0.1, 0.15) is 19.4 Å². The lowest BCUT2D eigenvalue weighted by Gasteiger charge is -2.22. The van der Waals surface area contributed by atoms with Crippen LogP contribution in [0.2, 0.25) is 0 Å². The number of para-hydroxylation sites is 1. The molecule has 2 aromatic rings. The first-order valence-corrected chi connectivity index (χ1v) is 6.32. The van der Waals surface area contributed by atoms with Crippen molar-refractivity contribution in [3.05, 3.63) is 36.0 Å². The van der Waals surface area contributed by atoms with Gasteiger partial charge in [0.2, 0.25) is 0 Å². The number of rotatable bonds is 4. The molecule has 1 aromatic carbocycles. The molecule has 2 unspecified atom stereocenters. The number of benzene rings is 1. The molecular weight excluding hydrogens is 238 g/mol. The van der Waals surface area contributed by atoms with Crippen molar-refractivity contribution >= 4 is 16.6 Å². The molecule has 19 heavy (non-hydrogen) atoms. The number of nitriles is 1. The SMILES string of the molecule is CC(CO)C(C)Nc1c(C#N)cnc2ccccc12. The first-order valence-electron chi connectivity index (χ1n) is 6.32. The molecule has 98 valence electrons. The Hall–Kier alpha value is -2.12. The number of anilines is 1. The van der Waals surface area contributed by atoms with Crippen LogP contribution in [-0.4, -0.2) is 22.7 Å². The number of nitrogens with zero attached hydrogens (tertiary/aromatic N) is 2. The summed E-state index contributed by atoms with van der Waals surface area (Å²) in [6, 6.07) is 9.95. The standard InChI is InChI=1S/C15H17N3O/c1-10(9-19)11(2)18-15-12(7-16)8-17-14-6-4-3-5-13(14)15/h3-6,8,10-11,19H,9H2,1-2H3,(H,17,18). The fourth-order valence-electron chi connectivity index (χ4n) is 1.91. The monoisotopic (exact) mass is 255 g/mol. The van der Waals surface area contributed by atoms with Gasteiger partial charge in [0, 0.05) is 24.2 Å². The van der Waals surface area contributed by atoms with Crippen molar-refractivity contribution < 1.29 is 5.11 Å². The predicted molar refractivity (Wildman–Crippen MR) is 75.8 cm³/mol. The van der Waals surface area contributed by atoms with Gasteiger partial charge in [0.15, 0.2) is 0 Å². The van der Waals surface area contributed by atoms with E-state index in [-0.39, 0.29) is 18.6 Å². The Bertz CT molecular complexity index is 618. The zero-order valence-corrected chi connectivity index (χ0v) is 11.1. The van der Waals surface area contributed by atoms with Crippen molar-refractivity contribution in [3.63, 3.8) is 0 Å². The van der Waals surface area contributed by atoms with E-state index in [4.69, 9.17) is 0 Å². The molecule has 0 fully saturated rings. The summed E-state index contributed by atoms with van der Waals surface area (Å²) in [7, 11) is 0. The number of hydrogen-bond acceptors (Lipinski definition) is 4. The highest BCUT2D eigenvalue weighted by molar-refractivity contribution is 5.93. The Morgan fingerprint density at radius 3 is 2.79 bits per heavy atom. The normalized spacial score (nSPS) is 13.8. The minimum atomic E-state index is 0.0721. The Balaban J connectivity index is 2.48. The minimum Gasteiger partial charge on any atom is -0.396 e. The molecule has 0 aliphatic heterocycles. The molecule has 1 aromatic heterocycles. The van der Waals surface area contributed by atoms with Gasteiger partial charge in [-0.15, -0.1) is 0 Å². The quantitative estimate of drug-likeness (QED) is 0.880. The van der Waals surface area contributed by atoms with E-state index in [0.29, 0.717) is 5.56 Å². The molecule has 0 aliphatic carbocycles. The first kappa shape index (κ1) is 13.3. The van der Waals surface area contributed by atoms with Gasteiger partial charge in [-0.2, -0.15) is 5.26 Å². The van der Waals surface area contributed by atoms with Crippen molar-refractivity contribution in [2.24, 2.45) is 5.92 Å². The highest BCUT2D eigenvalue weighted by atomic mass is 16.3. The molecule has 2 rings (SSSR count). The second-order valence-corrected chi connectivity index (χ2v) is 4.77. The van der Waals surface area contributed by atoms with E-state index in [1.807, 2.05) is 38.1 Å².